The van der Waals surface area contributed by atoms with Crippen LogP contribution in [0.5, 0.6) is 5.75 Å². The van der Waals surface area contributed by atoms with Gasteiger partial charge in [-0.05, 0) is 37.6 Å². The van der Waals surface area contributed by atoms with Crippen LogP contribution < -0.4 is 10.1 Å². The van der Waals surface area contributed by atoms with Crippen LogP contribution in [0, 0.1) is 0 Å². The molecule has 2 atom stereocenters. The third-order valence-corrected chi connectivity index (χ3v) is 4.25. The van der Waals surface area contributed by atoms with E-state index in [1.165, 1.54) is 0 Å². The second-order valence-corrected chi connectivity index (χ2v) is 6.41. The maximum atomic E-state index is 12.2. The molecule has 1 amide bonds. The zero-order valence-corrected chi connectivity index (χ0v) is 15.9. The standard InChI is InChI=1S/C22H23NO5/c1-3-18(27-17-10-5-4-6-11-17)22(25)26-14-21(24)23-15(2)20-13-16-9-7-8-12-19(16)28-20/h4-13,15,18H,3,14H2,1-2H3,(H,23,24)/t15-,18-/m1/s1. The number of carbonyl (C=O) groups excluding carboxylic acids is 2. The number of amides is 1. The lowest BCUT2D eigenvalue weighted by Gasteiger charge is -2.17. The molecule has 1 aromatic heterocycles. The molecule has 6 heteroatoms. The lowest BCUT2D eigenvalue weighted by atomic mass is 10.2. The number of ether oxygens (including phenoxy) is 2. The molecule has 0 saturated carbocycles. The van der Waals surface area contributed by atoms with Crippen LogP contribution in [0.25, 0.3) is 11.0 Å². The minimum atomic E-state index is -0.761. The SMILES string of the molecule is CC[C@@H](Oc1ccccc1)C(=O)OCC(=O)N[C@H](C)c1cc2ccccc2o1. The Balaban J connectivity index is 1.50. The summed E-state index contributed by atoms with van der Waals surface area (Å²) in [7, 11) is 0. The summed E-state index contributed by atoms with van der Waals surface area (Å²) in [5.74, 6) is 0.239. The van der Waals surface area contributed by atoms with Crippen molar-refractivity contribution in [3.63, 3.8) is 0 Å². The molecule has 0 aliphatic carbocycles. The number of rotatable bonds is 8. The van der Waals surface area contributed by atoms with Crippen LogP contribution in [-0.2, 0) is 14.3 Å². The van der Waals surface area contributed by atoms with E-state index in [0.717, 1.165) is 11.0 Å². The van der Waals surface area contributed by atoms with Gasteiger partial charge in [-0.3, -0.25) is 4.79 Å². The van der Waals surface area contributed by atoms with E-state index in [-0.39, 0.29) is 12.6 Å². The number of carbonyl (C=O) groups is 2. The Hall–Kier alpha value is -3.28. The molecule has 6 nitrogen and oxygen atoms in total. The summed E-state index contributed by atoms with van der Waals surface area (Å²) in [6, 6.07) is 18.2. The highest BCUT2D eigenvalue weighted by molar-refractivity contribution is 5.83. The van der Waals surface area contributed by atoms with Crippen LogP contribution in [0.2, 0.25) is 0 Å². The van der Waals surface area contributed by atoms with Crippen molar-refractivity contribution in [1.82, 2.24) is 5.32 Å². The average molecular weight is 381 g/mol. The van der Waals surface area contributed by atoms with Gasteiger partial charge in [0.1, 0.15) is 17.1 Å². The first-order chi connectivity index (χ1) is 13.6. The summed E-state index contributed by atoms with van der Waals surface area (Å²) in [6.45, 7) is 3.25. The summed E-state index contributed by atoms with van der Waals surface area (Å²) in [5, 5.41) is 3.73. The Kier molecular flexibility index (Phi) is 6.32. The summed E-state index contributed by atoms with van der Waals surface area (Å²) >= 11 is 0. The van der Waals surface area contributed by atoms with Crippen LogP contribution in [0.1, 0.15) is 32.1 Å². The van der Waals surface area contributed by atoms with Gasteiger partial charge in [-0.2, -0.15) is 0 Å². The van der Waals surface area contributed by atoms with E-state index in [1.54, 1.807) is 12.1 Å². The fourth-order valence-corrected chi connectivity index (χ4v) is 2.76. The van der Waals surface area contributed by atoms with Crippen molar-refractivity contribution in [3.8, 4) is 5.75 Å². The molecule has 146 valence electrons. The molecule has 0 saturated heterocycles. The van der Waals surface area contributed by atoms with E-state index in [1.807, 2.05) is 62.4 Å². The van der Waals surface area contributed by atoms with E-state index in [0.29, 0.717) is 17.9 Å². The van der Waals surface area contributed by atoms with Crippen molar-refractivity contribution < 1.29 is 23.5 Å². The number of furan rings is 1. The molecular weight excluding hydrogens is 358 g/mol. The zero-order chi connectivity index (χ0) is 19.9. The fraction of sp³-hybridized carbons (Fsp3) is 0.273. The topological polar surface area (TPSA) is 77.8 Å². The Morgan fingerprint density at radius 2 is 1.79 bits per heavy atom. The Morgan fingerprint density at radius 3 is 2.50 bits per heavy atom. The molecule has 28 heavy (non-hydrogen) atoms. The highest BCUT2D eigenvalue weighted by atomic mass is 16.6. The number of hydrogen-bond acceptors (Lipinski definition) is 5. The van der Waals surface area contributed by atoms with Crippen LogP contribution in [-0.4, -0.2) is 24.6 Å². The molecular formula is C22H23NO5. The predicted molar refractivity (Wildman–Crippen MR) is 105 cm³/mol. The molecule has 0 fully saturated rings. The molecule has 0 bridgehead atoms. The van der Waals surface area contributed by atoms with Crippen molar-refractivity contribution in [2.45, 2.75) is 32.4 Å². The highest BCUT2D eigenvalue weighted by Crippen LogP contribution is 2.23. The second kappa shape index (κ2) is 9.08. The molecule has 3 rings (SSSR count). The number of nitrogens with one attached hydrogen (secondary N) is 1. The van der Waals surface area contributed by atoms with Crippen molar-refractivity contribution in [2.24, 2.45) is 0 Å². The van der Waals surface area contributed by atoms with Gasteiger partial charge in [0, 0.05) is 5.39 Å². The number of esters is 1. The molecule has 3 aromatic rings. The van der Waals surface area contributed by atoms with Crippen LogP contribution in [0.4, 0.5) is 0 Å². The van der Waals surface area contributed by atoms with Gasteiger partial charge in [0.25, 0.3) is 5.91 Å². The van der Waals surface area contributed by atoms with E-state index in [2.05, 4.69) is 5.32 Å². The third kappa shape index (κ3) is 4.91. The minimum absolute atomic E-state index is 0.346. The highest BCUT2D eigenvalue weighted by Gasteiger charge is 2.22. The van der Waals surface area contributed by atoms with Crippen molar-refractivity contribution in [1.29, 1.82) is 0 Å². The lowest BCUT2D eigenvalue weighted by Crippen LogP contribution is -2.35. The van der Waals surface area contributed by atoms with Gasteiger partial charge >= 0.3 is 5.97 Å². The largest absolute Gasteiger partial charge is 0.479 e. The number of para-hydroxylation sites is 2. The summed E-state index contributed by atoms with van der Waals surface area (Å²) in [5.41, 5.74) is 0.758. The fourth-order valence-electron chi connectivity index (χ4n) is 2.76. The molecule has 0 radical (unpaired) electrons. The molecule has 1 N–H and O–H groups in total. The Morgan fingerprint density at radius 1 is 1.07 bits per heavy atom. The van der Waals surface area contributed by atoms with Gasteiger partial charge < -0.3 is 19.2 Å². The lowest BCUT2D eigenvalue weighted by molar-refractivity contribution is -0.155. The quantitative estimate of drug-likeness (QED) is 0.597. The third-order valence-electron chi connectivity index (χ3n) is 4.25. The van der Waals surface area contributed by atoms with Gasteiger partial charge in [0.2, 0.25) is 0 Å². The van der Waals surface area contributed by atoms with E-state index < -0.39 is 18.0 Å². The first kappa shape index (κ1) is 19.5. The molecule has 0 aliphatic heterocycles. The van der Waals surface area contributed by atoms with E-state index in [4.69, 9.17) is 13.9 Å². The molecule has 2 aromatic carbocycles. The Labute approximate surface area is 163 Å². The van der Waals surface area contributed by atoms with Gasteiger partial charge in [-0.25, -0.2) is 4.79 Å². The monoisotopic (exact) mass is 381 g/mol. The molecule has 0 aliphatic rings. The number of hydrogen-bond donors (Lipinski definition) is 1. The van der Waals surface area contributed by atoms with Gasteiger partial charge in [-0.1, -0.05) is 43.3 Å². The van der Waals surface area contributed by atoms with Crippen LogP contribution >= 0.6 is 0 Å². The van der Waals surface area contributed by atoms with Crippen molar-refractivity contribution in [2.75, 3.05) is 6.61 Å². The van der Waals surface area contributed by atoms with Gasteiger partial charge in [-0.15, -0.1) is 0 Å². The number of fused-ring (bicyclic) bond motifs is 1. The summed E-state index contributed by atoms with van der Waals surface area (Å²) in [4.78, 5) is 24.4. The molecule has 0 unspecified atom stereocenters. The maximum Gasteiger partial charge on any atom is 0.347 e. The van der Waals surface area contributed by atoms with Crippen LogP contribution in [0.3, 0.4) is 0 Å². The minimum Gasteiger partial charge on any atom is -0.479 e. The van der Waals surface area contributed by atoms with Crippen molar-refractivity contribution in [3.05, 3.63) is 66.4 Å². The first-order valence-corrected chi connectivity index (χ1v) is 9.23. The average Bonchev–Trinajstić information content (AvgIpc) is 3.15. The predicted octanol–water partition coefficient (Wildman–Crippen LogP) is 4.01. The Bertz CT molecular complexity index is 901. The number of benzene rings is 2. The van der Waals surface area contributed by atoms with Gasteiger partial charge in [0.15, 0.2) is 12.7 Å². The summed E-state index contributed by atoms with van der Waals surface area (Å²) < 4.78 is 16.5. The van der Waals surface area contributed by atoms with Crippen LogP contribution in [0.15, 0.2) is 65.1 Å². The zero-order valence-electron chi connectivity index (χ0n) is 15.9. The first-order valence-electron chi connectivity index (χ1n) is 9.23. The normalized spacial score (nSPS) is 12.9. The van der Waals surface area contributed by atoms with Crippen molar-refractivity contribution >= 4 is 22.8 Å². The molecule has 0 spiro atoms. The molecule has 1 heterocycles. The van der Waals surface area contributed by atoms with E-state index in [9.17, 15) is 9.59 Å². The smallest absolute Gasteiger partial charge is 0.347 e. The maximum absolute atomic E-state index is 12.2. The van der Waals surface area contributed by atoms with Gasteiger partial charge in [0.05, 0.1) is 6.04 Å². The summed E-state index contributed by atoms with van der Waals surface area (Å²) in [6.07, 6.45) is -0.326. The second-order valence-electron chi connectivity index (χ2n) is 6.41. The van der Waals surface area contributed by atoms with E-state index >= 15 is 0 Å².